The number of rotatable bonds is 4. The monoisotopic (exact) mass is 237 g/mol. The Morgan fingerprint density at radius 2 is 1.56 bits per heavy atom. The summed E-state index contributed by atoms with van der Waals surface area (Å²) in [4.78, 5) is 2.57. The lowest BCUT2D eigenvalue weighted by Crippen LogP contribution is -2.15. The van der Waals surface area contributed by atoms with Gasteiger partial charge in [-0.2, -0.15) is 0 Å². The van der Waals surface area contributed by atoms with Gasteiger partial charge < -0.3 is 0 Å². The van der Waals surface area contributed by atoms with Crippen LogP contribution in [-0.4, -0.2) is 11.4 Å². The van der Waals surface area contributed by atoms with Crippen LogP contribution in [0.25, 0.3) is 0 Å². The fraction of sp³-hybridized carbons (Fsp3) is 0.294. The SMILES string of the molecule is CCC1(c2ccccc2)CN1Cc1ccccc1. The van der Waals surface area contributed by atoms with Crippen molar-refractivity contribution in [2.24, 2.45) is 0 Å². The predicted molar refractivity (Wildman–Crippen MR) is 75.3 cm³/mol. The third kappa shape index (κ3) is 1.95. The maximum absolute atomic E-state index is 2.57. The summed E-state index contributed by atoms with van der Waals surface area (Å²) >= 11 is 0. The number of nitrogens with zero attached hydrogens (tertiary/aromatic N) is 1. The molecule has 3 rings (SSSR count). The number of benzene rings is 2. The number of hydrogen-bond donors (Lipinski definition) is 0. The summed E-state index contributed by atoms with van der Waals surface area (Å²) in [6.45, 7) is 4.53. The first kappa shape index (κ1) is 11.5. The maximum Gasteiger partial charge on any atom is 0.0590 e. The molecule has 18 heavy (non-hydrogen) atoms. The minimum atomic E-state index is 0.289. The van der Waals surface area contributed by atoms with Crippen molar-refractivity contribution in [1.82, 2.24) is 4.90 Å². The molecule has 1 heterocycles. The van der Waals surface area contributed by atoms with E-state index in [1.54, 1.807) is 0 Å². The molecular weight excluding hydrogens is 218 g/mol. The second-order valence-electron chi connectivity index (χ2n) is 5.09. The summed E-state index contributed by atoms with van der Waals surface area (Å²) in [5, 5.41) is 0. The van der Waals surface area contributed by atoms with E-state index in [-0.39, 0.29) is 5.54 Å². The lowest BCUT2D eigenvalue weighted by molar-refractivity contribution is 0.396. The Balaban J connectivity index is 1.78. The van der Waals surface area contributed by atoms with Gasteiger partial charge in [-0.25, -0.2) is 0 Å². The fourth-order valence-electron chi connectivity index (χ4n) is 2.85. The van der Waals surface area contributed by atoms with E-state index in [4.69, 9.17) is 0 Å². The predicted octanol–water partition coefficient (Wildman–Crippen LogP) is 3.81. The molecule has 92 valence electrons. The molecule has 1 aliphatic rings. The third-order valence-corrected chi connectivity index (χ3v) is 4.07. The Kier molecular flexibility index (Phi) is 2.92. The van der Waals surface area contributed by atoms with Gasteiger partial charge in [0.05, 0.1) is 5.54 Å². The molecule has 1 fully saturated rings. The van der Waals surface area contributed by atoms with Crippen molar-refractivity contribution in [1.29, 1.82) is 0 Å². The first-order valence-corrected chi connectivity index (χ1v) is 6.70. The van der Waals surface area contributed by atoms with Gasteiger partial charge in [-0.1, -0.05) is 67.6 Å². The largest absolute Gasteiger partial charge is 0.286 e. The summed E-state index contributed by atoms with van der Waals surface area (Å²) in [5.74, 6) is 0. The average molecular weight is 237 g/mol. The highest BCUT2D eigenvalue weighted by Gasteiger charge is 2.51. The minimum Gasteiger partial charge on any atom is -0.286 e. The topological polar surface area (TPSA) is 3.01 Å². The summed E-state index contributed by atoms with van der Waals surface area (Å²) in [7, 11) is 0. The van der Waals surface area contributed by atoms with Crippen molar-refractivity contribution in [2.45, 2.75) is 25.4 Å². The Bertz CT molecular complexity index is 506. The highest BCUT2D eigenvalue weighted by molar-refractivity contribution is 5.32. The Hall–Kier alpha value is -1.60. The van der Waals surface area contributed by atoms with E-state index in [1.807, 2.05) is 0 Å². The average Bonchev–Trinajstić information content (AvgIpc) is 3.15. The van der Waals surface area contributed by atoms with Crippen molar-refractivity contribution < 1.29 is 0 Å². The van der Waals surface area contributed by atoms with Crippen molar-refractivity contribution in [3.05, 3.63) is 71.8 Å². The molecule has 1 aliphatic heterocycles. The molecule has 0 aromatic heterocycles. The van der Waals surface area contributed by atoms with Crippen LogP contribution in [0.3, 0.4) is 0 Å². The molecule has 0 aliphatic carbocycles. The minimum absolute atomic E-state index is 0.289. The van der Waals surface area contributed by atoms with Gasteiger partial charge in [-0.3, -0.25) is 4.90 Å². The van der Waals surface area contributed by atoms with Gasteiger partial charge in [0.15, 0.2) is 0 Å². The van der Waals surface area contributed by atoms with Crippen LogP contribution in [0.1, 0.15) is 24.5 Å². The van der Waals surface area contributed by atoms with E-state index in [0.717, 1.165) is 6.54 Å². The van der Waals surface area contributed by atoms with Gasteiger partial charge in [0.2, 0.25) is 0 Å². The molecule has 2 aromatic rings. The Morgan fingerprint density at radius 1 is 0.944 bits per heavy atom. The second-order valence-corrected chi connectivity index (χ2v) is 5.09. The van der Waals surface area contributed by atoms with Crippen LogP contribution in [0.4, 0.5) is 0 Å². The van der Waals surface area contributed by atoms with E-state index in [9.17, 15) is 0 Å². The Labute approximate surface area is 109 Å². The van der Waals surface area contributed by atoms with Crippen LogP contribution in [-0.2, 0) is 12.1 Å². The van der Waals surface area contributed by atoms with Crippen molar-refractivity contribution in [3.8, 4) is 0 Å². The quantitative estimate of drug-likeness (QED) is 0.731. The highest BCUT2D eigenvalue weighted by atomic mass is 15.4. The number of hydrogen-bond acceptors (Lipinski definition) is 1. The van der Waals surface area contributed by atoms with E-state index in [1.165, 1.54) is 24.1 Å². The molecule has 0 radical (unpaired) electrons. The van der Waals surface area contributed by atoms with Crippen LogP contribution in [0.15, 0.2) is 60.7 Å². The molecule has 0 amide bonds. The molecule has 0 saturated carbocycles. The third-order valence-electron chi connectivity index (χ3n) is 4.07. The van der Waals surface area contributed by atoms with Crippen molar-refractivity contribution in [2.75, 3.05) is 6.54 Å². The first-order valence-electron chi connectivity index (χ1n) is 6.70. The van der Waals surface area contributed by atoms with Gasteiger partial charge in [-0.15, -0.1) is 0 Å². The van der Waals surface area contributed by atoms with Gasteiger partial charge in [0.1, 0.15) is 0 Å². The zero-order chi connectivity index (χ0) is 12.4. The van der Waals surface area contributed by atoms with Crippen LogP contribution in [0.5, 0.6) is 0 Å². The van der Waals surface area contributed by atoms with E-state index in [2.05, 4.69) is 72.5 Å². The van der Waals surface area contributed by atoms with E-state index < -0.39 is 0 Å². The van der Waals surface area contributed by atoms with Gasteiger partial charge >= 0.3 is 0 Å². The molecule has 1 nitrogen and oxygen atoms in total. The van der Waals surface area contributed by atoms with Gasteiger partial charge in [0, 0.05) is 13.1 Å². The highest BCUT2D eigenvalue weighted by Crippen LogP contribution is 2.46. The van der Waals surface area contributed by atoms with E-state index in [0.29, 0.717) is 0 Å². The lowest BCUT2D eigenvalue weighted by Gasteiger charge is -2.16. The smallest absolute Gasteiger partial charge is 0.0590 e. The molecule has 0 bridgehead atoms. The molecule has 2 aromatic carbocycles. The normalized spacial score (nSPS) is 25.9. The summed E-state index contributed by atoms with van der Waals surface area (Å²) < 4.78 is 0. The van der Waals surface area contributed by atoms with Crippen LogP contribution in [0, 0.1) is 0 Å². The van der Waals surface area contributed by atoms with E-state index >= 15 is 0 Å². The molecule has 2 atom stereocenters. The van der Waals surface area contributed by atoms with Crippen molar-refractivity contribution in [3.63, 3.8) is 0 Å². The fourth-order valence-corrected chi connectivity index (χ4v) is 2.85. The molecule has 0 N–H and O–H groups in total. The second kappa shape index (κ2) is 4.58. The van der Waals surface area contributed by atoms with Gasteiger partial charge in [-0.05, 0) is 17.5 Å². The Morgan fingerprint density at radius 3 is 2.17 bits per heavy atom. The molecule has 1 heteroatoms. The van der Waals surface area contributed by atoms with Crippen LogP contribution in [0.2, 0.25) is 0 Å². The summed E-state index contributed by atoms with van der Waals surface area (Å²) in [6, 6.07) is 21.6. The zero-order valence-corrected chi connectivity index (χ0v) is 10.8. The maximum atomic E-state index is 2.57. The van der Waals surface area contributed by atoms with Crippen molar-refractivity contribution >= 4 is 0 Å². The zero-order valence-electron chi connectivity index (χ0n) is 10.8. The first-order chi connectivity index (χ1) is 8.85. The van der Waals surface area contributed by atoms with Crippen LogP contribution >= 0.6 is 0 Å². The molecular formula is C17H19N. The summed E-state index contributed by atoms with van der Waals surface area (Å²) in [6.07, 6.45) is 1.18. The standard InChI is InChI=1S/C17H19N/c1-2-17(16-11-7-4-8-12-16)14-18(17)13-15-9-5-3-6-10-15/h3-12H,2,13-14H2,1H3. The molecule has 1 saturated heterocycles. The molecule has 2 unspecified atom stereocenters. The van der Waals surface area contributed by atoms with Crippen LogP contribution < -0.4 is 0 Å². The molecule has 0 spiro atoms. The van der Waals surface area contributed by atoms with Gasteiger partial charge in [0.25, 0.3) is 0 Å². The lowest BCUT2D eigenvalue weighted by atomic mass is 9.96. The summed E-state index contributed by atoms with van der Waals surface area (Å²) in [5.41, 5.74) is 3.16.